The molecule has 4 nitrogen and oxygen atoms in total. The largest absolute Gasteiger partial charge is 0.462 e. The van der Waals surface area contributed by atoms with E-state index in [4.69, 9.17) is 15.6 Å². The van der Waals surface area contributed by atoms with Crippen molar-refractivity contribution in [2.24, 2.45) is 0 Å². The maximum Gasteiger partial charge on any atom is 0.338 e. The van der Waals surface area contributed by atoms with Crippen molar-refractivity contribution in [2.75, 3.05) is 18.9 Å². The van der Waals surface area contributed by atoms with Crippen LogP contribution >= 0.6 is 0 Å². The number of ether oxygens (including phenoxy) is 1. The van der Waals surface area contributed by atoms with E-state index in [2.05, 4.69) is 0 Å². The second kappa shape index (κ2) is 7.71. The first-order chi connectivity index (χ1) is 8.65. The molecule has 0 saturated heterocycles. The summed E-state index contributed by atoms with van der Waals surface area (Å²) in [6.07, 6.45) is 3.56. The second-order valence-electron chi connectivity index (χ2n) is 4.35. The molecule has 1 aromatic carbocycles. The van der Waals surface area contributed by atoms with E-state index in [0.717, 1.165) is 31.2 Å². The monoisotopic (exact) mass is 251 g/mol. The Kier molecular flexibility index (Phi) is 6.22. The van der Waals surface area contributed by atoms with Crippen molar-refractivity contribution in [3.05, 3.63) is 29.3 Å². The van der Waals surface area contributed by atoms with Gasteiger partial charge in [0.25, 0.3) is 0 Å². The molecule has 0 aliphatic carbocycles. The van der Waals surface area contributed by atoms with E-state index in [9.17, 15) is 4.79 Å². The third kappa shape index (κ3) is 4.75. The van der Waals surface area contributed by atoms with Crippen LogP contribution in [-0.2, 0) is 4.74 Å². The summed E-state index contributed by atoms with van der Waals surface area (Å²) >= 11 is 0. The van der Waals surface area contributed by atoms with Crippen molar-refractivity contribution < 1.29 is 14.6 Å². The standard InChI is InChI=1S/C14H21NO3/c1-11-6-7-12(10-13(11)15)14(17)18-9-5-3-2-4-8-16/h6-7,10,16H,2-5,8-9,15H2,1H3. The smallest absolute Gasteiger partial charge is 0.338 e. The highest BCUT2D eigenvalue weighted by Crippen LogP contribution is 2.14. The average molecular weight is 251 g/mol. The highest BCUT2D eigenvalue weighted by molar-refractivity contribution is 5.90. The number of rotatable bonds is 7. The fourth-order valence-electron chi connectivity index (χ4n) is 1.58. The Bertz CT molecular complexity index is 391. The number of carbonyl (C=O) groups is 1. The van der Waals surface area contributed by atoms with Crippen LogP contribution in [0, 0.1) is 6.92 Å². The van der Waals surface area contributed by atoms with Crippen molar-refractivity contribution in [2.45, 2.75) is 32.6 Å². The Morgan fingerprint density at radius 1 is 1.28 bits per heavy atom. The zero-order valence-electron chi connectivity index (χ0n) is 10.8. The molecule has 0 radical (unpaired) electrons. The molecule has 100 valence electrons. The van der Waals surface area contributed by atoms with Gasteiger partial charge in [-0.3, -0.25) is 0 Å². The Morgan fingerprint density at radius 3 is 2.67 bits per heavy atom. The quantitative estimate of drug-likeness (QED) is 0.443. The molecule has 0 spiro atoms. The number of carbonyl (C=O) groups excluding carboxylic acids is 1. The lowest BCUT2D eigenvalue weighted by atomic mass is 10.1. The van der Waals surface area contributed by atoms with Crippen LogP contribution in [0.25, 0.3) is 0 Å². The molecule has 0 saturated carbocycles. The SMILES string of the molecule is Cc1ccc(C(=O)OCCCCCCO)cc1N. The van der Waals surface area contributed by atoms with Gasteiger partial charge in [-0.05, 0) is 43.9 Å². The highest BCUT2D eigenvalue weighted by Gasteiger charge is 2.07. The Balaban J connectivity index is 2.30. The zero-order chi connectivity index (χ0) is 13.4. The maximum absolute atomic E-state index is 11.7. The summed E-state index contributed by atoms with van der Waals surface area (Å²) in [5, 5.41) is 8.61. The van der Waals surface area contributed by atoms with Crippen LogP contribution in [-0.4, -0.2) is 24.3 Å². The van der Waals surface area contributed by atoms with Gasteiger partial charge in [0.1, 0.15) is 0 Å². The average Bonchev–Trinajstić information content (AvgIpc) is 2.36. The van der Waals surface area contributed by atoms with Crippen LogP contribution in [0.2, 0.25) is 0 Å². The summed E-state index contributed by atoms with van der Waals surface area (Å²) in [6.45, 7) is 2.53. The van der Waals surface area contributed by atoms with Crippen LogP contribution in [0.4, 0.5) is 5.69 Å². The van der Waals surface area contributed by atoms with Gasteiger partial charge in [0, 0.05) is 12.3 Å². The van der Waals surface area contributed by atoms with Gasteiger partial charge in [0.15, 0.2) is 0 Å². The molecule has 1 rings (SSSR count). The topological polar surface area (TPSA) is 72.5 Å². The predicted molar refractivity (Wildman–Crippen MR) is 71.4 cm³/mol. The van der Waals surface area contributed by atoms with Crippen molar-refractivity contribution in [3.63, 3.8) is 0 Å². The minimum Gasteiger partial charge on any atom is -0.462 e. The van der Waals surface area contributed by atoms with Crippen LogP contribution in [0.1, 0.15) is 41.6 Å². The molecule has 1 aromatic rings. The van der Waals surface area contributed by atoms with Crippen molar-refractivity contribution in [1.82, 2.24) is 0 Å². The van der Waals surface area contributed by atoms with E-state index in [1.54, 1.807) is 12.1 Å². The molecule has 0 unspecified atom stereocenters. The molecule has 4 heteroatoms. The normalized spacial score (nSPS) is 10.3. The number of benzene rings is 1. The van der Waals surface area contributed by atoms with Gasteiger partial charge in [-0.1, -0.05) is 12.5 Å². The molecule has 0 bridgehead atoms. The van der Waals surface area contributed by atoms with Gasteiger partial charge in [-0.25, -0.2) is 4.79 Å². The molecule has 0 aliphatic heterocycles. The fourth-order valence-corrected chi connectivity index (χ4v) is 1.58. The van der Waals surface area contributed by atoms with E-state index in [1.165, 1.54) is 0 Å². The van der Waals surface area contributed by atoms with Gasteiger partial charge < -0.3 is 15.6 Å². The number of esters is 1. The number of hydrogen-bond acceptors (Lipinski definition) is 4. The molecule has 0 aromatic heterocycles. The van der Waals surface area contributed by atoms with Crippen LogP contribution in [0.5, 0.6) is 0 Å². The number of aliphatic hydroxyl groups is 1. The molecular weight excluding hydrogens is 230 g/mol. The number of aryl methyl sites for hydroxylation is 1. The summed E-state index contributed by atoms with van der Waals surface area (Å²) in [6, 6.07) is 5.18. The van der Waals surface area contributed by atoms with Crippen molar-refractivity contribution >= 4 is 11.7 Å². The number of aliphatic hydroxyl groups excluding tert-OH is 1. The first-order valence-corrected chi connectivity index (χ1v) is 6.29. The predicted octanol–water partition coefficient (Wildman–Crippen LogP) is 2.29. The van der Waals surface area contributed by atoms with Crippen molar-refractivity contribution in [1.29, 1.82) is 0 Å². The van der Waals surface area contributed by atoms with Gasteiger partial charge in [-0.15, -0.1) is 0 Å². The Morgan fingerprint density at radius 2 is 2.00 bits per heavy atom. The zero-order valence-corrected chi connectivity index (χ0v) is 10.8. The van der Waals surface area contributed by atoms with Crippen LogP contribution < -0.4 is 5.73 Å². The highest BCUT2D eigenvalue weighted by atomic mass is 16.5. The summed E-state index contributed by atoms with van der Waals surface area (Å²) < 4.78 is 5.15. The van der Waals surface area contributed by atoms with E-state index < -0.39 is 0 Å². The summed E-state index contributed by atoms with van der Waals surface area (Å²) in [7, 11) is 0. The molecule has 0 atom stereocenters. The molecule has 18 heavy (non-hydrogen) atoms. The molecule has 0 amide bonds. The summed E-state index contributed by atoms with van der Waals surface area (Å²) in [5.41, 5.74) is 7.79. The van der Waals surface area contributed by atoms with Crippen molar-refractivity contribution in [3.8, 4) is 0 Å². The number of nitrogen functional groups attached to an aromatic ring is 1. The van der Waals surface area contributed by atoms with Crippen LogP contribution in [0.3, 0.4) is 0 Å². The van der Waals surface area contributed by atoms with Gasteiger partial charge in [-0.2, -0.15) is 0 Å². The lowest BCUT2D eigenvalue weighted by Crippen LogP contribution is -2.07. The first-order valence-electron chi connectivity index (χ1n) is 6.29. The number of nitrogens with two attached hydrogens (primary N) is 1. The number of anilines is 1. The van der Waals surface area contributed by atoms with E-state index in [-0.39, 0.29) is 12.6 Å². The fraction of sp³-hybridized carbons (Fsp3) is 0.500. The Labute approximate surface area is 108 Å². The summed E-state index contributed by atoms with van der Waals surface area (Å²) in [5.74, 6) is -0.330. The van der Waals surface area contributed by atoms with E-state index in [1.807, 2.05) is 13.0 Å². The maximum atomic E-state index is 11.7. The third-order valence-corrected chi connectivity index (χ3v) is 2.80. The lowest BCUT2D eigenvalue weighted by molar-refractivity contribution is 0.0497. The minimum atomic E-state index is -0.330. The number of unbranched alkanes of at least 4 members (excludes halogenated alkanes) is 3. The number of hydrogen-bond donors (Lipinski definition) is 2. The second-order valence-corrected chi connectivity index (χ2v) is 4.35. The third-order valence-electron chi connectivity index (χ3n) is 2.80. The Hall–Kier alpha value is -1.55. The van der Waals surface area contributed by atoms with Gasteiger partial charge >= 0.3 is 5.97 Å². The van der Waals surface area contributed by atoms with Gasteiger partial charge in [0.2, 0.25) is 0 Å². The first kappa shape index (κ1) is 14.5. The van der Waals surface area contributed by atoms with Gasteiger partial charge in [0.05, 0.1) is 12.2 Å². The lowest BCUT2D eigenvalue weighted by Gasteiger charge is -2.06. The molecule has 0 aliphatic rings. The summed E-state index contributed by atoms with van der Waals surface area (Å²) in [4.78, 5) is 11.7. The van der Waals surface area contributed by atoms with E-state index in [0.29, 0.717) is 17.9 Å². The van der Waals surface area contributed by atoms with E-state index >= 15 is 0 Å². The molecule has 3 N–H and O–H groups in total. The molecular formula is C14H21NO3. The molecule has 0 heterocycles. The minimum absolute atomic E-state index is 0.225. The molecule has 0 fully saturated rings. The van der Waals surface area contributed by atoms with Crippen LogP contribution in [0.15, 0.2) is 18.2 Å².